The molecule has 0 saturated carbocycles. The van der Waals surface area contributed by atoms with Gasteiger partial charge in [-0.15, -0.1) is 0 Å². The zero-order chi connectivity index (χ0) is 73.0. The second-order valence-electron chi connectivity index (χ2n) is 29.8. The summed E-state index contributed by atoms with van der Waals surface area (Å²) in [5, 5.41) is 10.6. The zero-order valence-corrected chi connectivity index (χ0v) is 66.8. The summed E-state index contributed by atoms with van der Waals surface area (Å²) in [4.78, 5) is 73.0. The van der Waals surface area contributed by atoms with Crippen molar-refractivity contribution >= 4 is 39.5 Å². The summed E-state index contributed by atoms with van der Waals surface area (Å²) in [6.45, 7) is 12.0. The molecular weight excluding hydrogens is 1290 g/mol. The summed E-state index contributed by atoms with van der Waals surface area (Å²) in [5.41, 5.74) is 0. The highest BCUT2D eigenvalue weighted by molar-refractivity contribution is 7.47. The molecule has 7 atom stereocenters. The van der Waals surface area contributed by atoms with Crippen LogP contribution in [0.2, 0.25) is 0 Å². The van der Waals surface area contributed by atoms with E-state index in [1.807, 2.05) is 0 Å². The fourth-order valence-electron chi connectivity index (χ4n) is 12.2. The molecule has 99 heavy (non-hydrogen) atoms. The van der Waals surface area contributed by atoms with E-state index in [0.29, 0.717) is 25.7 Å². The van der Waals surface area contributed by atoms with Crippen LogP contribution in [-0.2, 0) is 65.4 Å². The molecule has 0 saturated heterocycles. The summed E-state index contributed by atoms with van der Waals surface area (Å²) in [6, 6.07) is 0. The minimum Gasteiger partial charge on any atom is -0.462 e. The van der Waals surface area contributed by atoms with Crippen molar-refractivity contribution < 1.29 is 80.2 Å². The summed E-state index contributed by atoms with van der Waals surface area (Å²) in [5.74, 6) is 0.272. The predicted molar refractivity (Wildman–Crippen MR) is 405 cm³/mol. The van der Waals surface area contributed by atoms with E-state index in [-0.39, 0.29) is 25.7 Å². The molecule has 4 unspecified atom stereocenters. The van der Waals surface area contributed by atoms with Crippen LogP contribution in [0.1, 0.15) is 414 Å². The van der Waals surface area contributed by atoms with Gasteiger partial charge < -0.3 is 33.8 Å². The molecule has 0 aromatic rings. The number of ether oxygens (including phenoxy) is 4. The van der Waals surface area contributed by atoms with E-state index < -0.39 is 97.5 Å². The van der Waals surface area contributed by atoms with Gasteiger partial charge in [-0.3, -0.25) is 37.3 Å². The van der Waals surface area contributed by atoms with E-state index in [1.54, 1.807) is 0 Å². The van der Waals surface area contributed by atoms with Crippen LogP contribution >= 0.6 is 15.6 Å². The van der Waals surface area contributed by atoms with Crippen LogP contribution in [0, 0.1) is 17.8 Å². The highest BCUT2D eigenvalue weighted by Gasteiger charge is 2.30. The number of rotatable bonds is 78. The summed E-state index contributed by atoms with van der Waals surface area (Å²) >= 11 is 0. The van der Waals surface area contributed by atoms with Crippen molar-refractivity contribution in [3.8, 4) is 0 Å². The van der Waals surface area contributed by atoms with Gasteiger partial charge in [-0.25, -0.2) is 9.13 Å². The topological polar surface area (TPSA) is 237 Å². The fraction of sp³-hybridized carbons (Fsp3) is 0.950. The number of hydrogen-bond donors (Lipinski definition) is 3. The summed E-state index contributed by atoms with van der Waals surface area (Å²) < 4.78 is 68.7. The Hall–Kier alpha value is -1.94. The van der Waals surface area contributed by atoms with E-state index >= 15 is 0 Å². The molecule has 0 aromatic carbocycles. The quantitative estimate of drug-likeness (QED) is 0.0222. The van der Waals surface area contributed by atoms with Crippen molar-refractivity contribution in [2.24, 2.45) is 17.8 Å². The number of carbonyl (C=O) groups excluding carboxylic acids is 4. The van der Waals surface area contributed by atoms with E-state index in [2.05, 4.69) is 48.5 Å². The minimum atomic E-state index is -4.96. The molecule has 0 aliphatic carbocycles. The molecule has 0 radical (unpaired) electrons. The van der Waals surface area contributed by atoms with Crippen molar-refractivity contribution in [2.45, 2.75) is 433 Å². The van der Waals surface area contributed by atoms with Crippen LogP contribution in [0.3, 0.4) is 0 Å². The molecule has 0 bridgehead atoms. The third-order valence-corrected chi connectivity index (χ3v) is 21.3. The van der Waals surface area contributed by atoms with E-state index in [1.165, 1.54) is 218 Å². The van der Waals surface area contributed by atoms with Crippen molar-refractivity contribution in [1.29, 1.82) is 0 Å². The van der Waals surface area contributed by atoms with Gasteiger partial charge in [0.25, 0.3) is 0 Å². The minimum absolute atomic E-state index is 0.107. The number of carbonyl (C=O) groups is 4. The molecule has 588 valence electrons. The second kappa shape index (κ2) is 70.4. The normalized spacial score (nSPS) is 14.5. The Labute approximate surface area is 607 Å². The molecule has 3 N–H and O–H groups in total. The molecule has 17 nitrogen and oxygen atoms in total. The lowest BCUT2D eigenvalue weighted by molar-refractivity contribution is -0.161. The maximum Gasteiger partial charge on any atom is 0.472 e. The molecule has 0 spiro atoms. The van der Waals surface area contributed by atoms with Gasteiger partial charge in [-0.2, -0.15) is 0 Å². The first-order chi connectivity index (χ1) is 47.8. The number of esters is 4. The van der Waals surface area contributed by atoms with Gasteiger partial charge in [0.15, 0.2) is 12.2 Å². The van der Waals surface area contributed by atoms with Gasteiger partial charge >= 0.3 is 39.5 Å². The Balaban J connectivity index is 5.25. The van der Waals surface area contributed by atoms with E-state index in [9.17, 15) is 43.2 Å². The third-order valence-electron chi connectivity index (χ3n) is 19.4. The van der Waals surface area contributed by atoms with Crippen LogP contribution in [0.5, 0.6) is 0 Å². The zero-order valence-electron chi connectivity index (χ0n) is 65.0. The van der Waals surface area contributed by atoms with Gasteiger partial charge in [-0.1, -0.05) is 363 Å². The Kier molecular flexibility index (Phi) is 69.0. The summed E-state index contributed by atoms with van der Waals surface area (Å²) in [6.07, 6.45) is 58.2. The molecule has 0 rings (SSSR count). The number of aliphatic hydroxyl groups excluding tert-OH is 1. The lowest BCUT2D eigenvalue weighted by atomic mass is 9.99. The first kappa shape index (κ1) is 97.1. The monoisotopic (exact) mass is 1450 g/mol. The van der Waals surface area contributed by atoms with Gasteiger partial charge in [0.05, 0.1) is 26.4 Å². The first-order valence-electron chi connectivity index (χ1n) is 41.4. The molecule has 0 amide bonds. The average molecular weight is 1450 g/mol. The van der Waals surface area contributed by atoms with E-state index in [0.717, 1.165) is 114 Å². The van der Waals surface area contributed by atoms with Gasteiger partial charge in [-0.05, 0) is 43.4 Å². The first-order valence-corrected chi connectivity index (χ1v) is 44.4. The molecule has 0 heterocycles. The predicted octanol–water partition coefficient (Wildman–Crippen LogP) is 23.7. The Morgan fingerprint density at radius 2 is 0.515 bits per heavy atom. The largest absolute Gasteiger partial charge is 0.472 e. The number of unbranched alkanes of at least 4 members (excludes halogenated alkanes) is 44. The van der Waals surface area contributed by atoms with Crippen LogP contribution < -0.4 is 0 Å². The van der Waals surface area contributed by atoms with Gasteiger partial charge in [0, 0.05) is 25.7 Å². The molecule has 19 heteroatoms. The standard InChI is InChI=1S/C80H156O17P2/c1-8-11-12-13-14-15-16-22-30-35-40-49-56-63-80(85)97-76(68-91-78(83)62-55-48-43-42-46-53-60-73(7)10-3)70-95-99(88,89)93-66-74(81)65-92-98(86,87)94-69-75(96-79(84)64-57-50-41-36-31-26-19-17-18-23-27-32-37-44-51-58-71(4)5)67-90-77(82)61-54-47-39-34-29-25-21-20-24-28-33-38-45-52-59-72(6)9-2/h71-76,81H,8-70H2,1-7H3,(H,86,87)(H,88,89)/t72?,73?,74-,75-,76-/m1/s1. The Bertz CT molecular complexity index is 1930. The number of hydrogen-bond acceptors (Lipinski definition) is 15. The van der Waals surface area contributed by atoms with Crippen LogP contribution in [0.15, 0.2) is 0 Å². The van der Waals surface area contributed by atoms with Crippen LogP contribution in [-0.4, -0.2) is 96.7 Å². The van der Waals surface area contributed by atoms with Gasteiger partial charge in [0.2, 0.25) is 0 Å². The van der Waals surface area contributed by atoms with Gasteiger partial charge in [0.1, 0.15) is 19.3 Å². The lowest BCUT2D eigenvalue weighted by Gasteiger charge is -2.21. The molecular formula is C80H156O17P2. The van der Waals surface area contributed by atoms with Crippen molar-refractivity contribution in [2.75, 3.05) is 39.6 Å². The number of aliphatic hydroxyl groups is 1. The lowest BCUT2D eigenvalue weighted by Crippen LogP contribution is -2.30. The Morgan fingerprint density at radius 1 is 0.293 bits per heavy atom. The van der Waals surface area contributed by atoms with Crippen molar-refractivity contribution in [3.63, 3.8) is 0 Å². The molecule has 0 aliphatic heterocycles. The SMILES string of the molecule is CCCCCCCCCCCCCCCC(=O)O[C@H](COC(=O)CCCCCCCCC(C)CC)COP(=O)(O)OC[C@H](O)COP(=O)(O)OC[C@@H](COC(=O)CCCCCCCCCCCCCCCCC(C)CC)OC(=O)CCCCCCCCCCCCCCCCCC(C)C. The third kappa shape index (κ3) is 71.5. The molecule has 0 aliphatic rings. The van der Waals surface area contributed by atoms with E-state index in [4.69, 9.17) is 37.0 Å². The maximum atomic E-state index is 13.1. The highest BCUT2D eigenvalue weighted by Crippen LogP contribution is 2.45. The molecule has 0 aromatic heterocycles. The molecule has 0 fully saturated rings. The summed E-state index contributed by atoms with van der Waals surface area (Å²) in [7, 11) is -9.92. The second-order valence-corrected chi connectivity index (χ2v) is 32.7. The van der Waals surface area contributed by atoms with Crippen molar-refractivity contribution in [3.05, 3.63) is 0 Å². The maximum absolute atomic E-state index is 13.1. The fourth-order valence-corrected chi connectivity index (χ4v) is 13.8. The number of phosphoric ester groups is 2. The highest BCUT2D eigenvalue weighted by atomic mass is 31.2. The van der Waals surface area contributed by atoms with Crippen LogP contribution in [0.4, 0.5) is 0 Å². The van der Waals surface area contributed by atoms with Crippen molar-refractivity contribution in [1.82, 2.24) is 0 Å². The Morgan fingerprint density at radius 3 is 0.768 bits per heavy atom. The number of phosphoric acid groups is 2. The van der Waals surface area contributed by atoms with Crippen LogP contribution in [0.25, 0.3) is 0 Å². The average Bonchev–Trinajstić information content (AvgIpc) is 0.998. The smallest absolute Gasteiger partial charge is 0.462 e.